The number of nitrogens with zero attached hydrogens (tertiary/aromatic N) is 2. The number of fused-ring (bicyclic) bond motifs is 2. The number of amides is 1. The lowest BCUT2D eigenvalue weighted by Crippen LogP contribution is -2.34. The smallest absolute Gasteiger partial charge is 0.269 e. The topological polar surface area (TPSA) is 64.0 Å². The molecule has 5 heteroatoms. The van der Waals surface area contributed by atoms with Crippen LogP contribution in [-0.4, -0.2) is 15.5 Å². The van der Waals surface area contributed by atoms with Gasteiger partial charge >= 0.3 is 0 Å². The first-order chi connectivity index (χ1) is 11.7. The highest BCUT2D eigenvalue weighted by molar-refractivity contribution is 5.80. The van der Waals surface area contributed by atoms with Crippen molar-refractivity contribution < 1.29 is 4.79 Å². The highest BCUT2D eigenvalue weighted by atomic mass is 16.2. The lowest BCUT2D eigenvalue weighted by Gasteiger charge is -2.15. The van der Waals surface area contributed by atoms with Crippen molar-refractivity contribution in [1.29, 1.82) is 0 Å². The number of nitrogens with one attached hydrogen (secondary N) is 1. The molecule has 0 fully saturated rings. The summed E-state index contributed by atoms with van der Waals surface area (Å²) in [7, 11) is 0. The van der Waals surface area contributed by atoms with Crippen LogP contribution >= 0.6 is 0 Å². The monoisotopic (exact) mass is 319 g/mol. The van der Waals surface area contributed by atoms with Gasteiger partial charge in [0.15, 0.2) is 0 Å². The number of carbonyl (C=O) groups is 1. The molecule has 1 aliphatic rings. The van der Waals surface area contributed by atoms with E-state index in [1.165, 1.54) is 21.9 Å². The molecule has 4 rings (SSSR count). The minimum absolute atomic E-state index is 0.000529. The minimum atomic E-state index is -0.268. The zero-order valence-electron chi connectivity index (χ0n) is 13.1. The van der Waals surface area contributed by atoms with Crippen molar-refractivity contribution >= 4 is 16.9 Å². The van der Waals surface area contributed by atoms with Crippen molar-refractivity contribution in [3.63, 3.8) is 0 Å². The molecule has 1 aromatic heterocycles. The summed E-state index contributed by atoms with van der Waals surface area (Å²) in [4.78, 5) is 28.7. The van der Waals surface area contributed by atoms with Gasteiger partial charge in [0, 0.05) is 0 Å². The summed E-state index contributed by atoms with van der Waals surface area (Å²) in [6.07, 6.45) is 3.14. The Labute approximate surface area is 139 Å². The molecule has 1 heterocycles. The van der Waals surface area contributed by atoms with Crippen LogP contribution in [0, 0.1) is 0 Å². The van der Waals surface area contributed by atoms with Crippen molar-refractivity contribution in [2.45, 2.75) is 25.4 Å². The van der Waals surface area contributed by atoms with Crippen molar-refractivity contribution in [1.82, 2.24) is 14.9 Å². The second-order valence-electron chi connectivity index (χ2n) is 6.03. The molecule has 1 N–H and O–H groups in total. The molecule has 2 aromatic carbocycles. The Balaban J connectivity index is 1.58. The maximum absolute atomic E-state index is 12.5. The summed E-state index contributed by atoms with van der Waals surface area (Å²) in [5.74, 6) is -0.157. The van der Waals surface area contributed by atoms with Gasteiger partial charge in [-0.2, -0.15) is 0 Å². The summed E-state index contributed by atoms with van der Waals surface area (Å²) >= 11 is 0. The van der Waals surface area contributed by atoms with Gasteiger partial charge in [-0.3, -0.25) is 14.2 Å². The average molecular weight is 319 g/mol. The van der Waals surface area contributed by atoms with Gasteiger partial charge in [-0.25, -0.2) is 4.98 Å². The molecular formula is C19H17N3O2. The fraction of sp³-hybridized carbons (Fsp3) is 0.211. The average Bonchev–Trinajstić information content (AvgIpc) is 3.01. The largest absolute Gasteiger partial charge is 0.348 e. The van der Waals surface area contributed by atoms with E-state index in [2.05, 4.69) is 22.4 Å². The fourth-order valence-corrected chi connectivity index (χ4v) is 3.37. The second kappa shape index (κ2) is 5.92. The van der Waals surface area contributed by atoms with E-state index in [1.807, 2.05) is 36.4 Å². The highest BCUT2D eigenvalue weighted by Gasteiger charge is 2.23. The summed E-state index contributed by atoms with van der Waals surface area (Å²) in [5.41, 5.74) is 3.57. The van der Waals surface area contributed by atoms with Crippen LogP contribution in [-0.2, 0) is 17.8 Å². The molecular weight excluding hydrogens is 302 g/mol. The van der Waals surface area contributed by atoms with Crippen molar-refractivity contribution in [3.05, 3.63) is 76.2 Å². The predicted octanol–water partition coefficient (Wildman–Crippen LogP) is 2.20. The molecule has 0 aliphatic heterocycles. The zero-order valence-corrected chi connectivity index (χ0v) is 13.1. The van der Waals surface area contributed by atoms with Gasteiger partial charge in [0.05, 0.1) is 23.3 Å². The van der Waals surface area contributed by atoms with Crippen LogP contribution in [0.25, 0.3) is 11.0 Å². The zero-order chi connectivity index (χ0) is 16.5. The van der Waals surface area contributed by atoms with Gasteiger partial charge in [0.25, 0.3) is 5.56 Å². The van der Waals surface area contributed by atoms with Crippen LogP contribution in [0.3, 0.4) is 0 Å². The van der Waals surface area contributed by atoms with Gasteiger partial charge in [0.2, 0.25) is 5.91 Å². The van der Waals surface area contributed by atoms with E-state index in [0.717, 1.165) is 12.8 Å². The van der Waals surface area contributed by atoms with Crippen LogP contribution in [0.4, 0.5) is 0 Å². The number of hydrogen-bond acceptors (Lipinski definition) is 3. The molecule has 1 aliphatic carbocycles. The molecule has 5 nitrogen and oxygen atoms in total. The van der Waals surface area contributed by atoms with Gasteiger partial charge in [0.1, 0.15) is 6.54 Å². The predicted molar refractivity (Wildman–Crippen MR) is 91.6 cm³/mol. The molecule has 3 aromatic rings. The van der Waals surface area contributed by atoms with Gasteiger partial charge < -0.3 is 5.32 Å². The molecule has 0 spiro atoms. The Morgan fingerprint density at radius 1 is 1.17 bits per heavy atom. The van der Waals surface area contributed by atoms with Crippen LogP contribution in [0.1, 0.15) is 23.6 Å². The second-order valence-corrected chi connectivity index (χ2v) is 6.03. The number of benzene rings is 2. The van der Waals surface area contributed by atoms with Crippen LogP contribution in [0.5, 0.6) is 0 Å². The van der Waals surface area contributed by atoms with Crippen molar-refractivity contribution in [2.75, 3.05) is 0 Å². The van der Waals surface area contributed by atoms with E-state index in [4.69, 9.17) is 0 Å². The summed E-state index contributed by atoms with van der Waals surface area (Å²) in [5, 5.41) is 3.06. The molecule has 120 valence electrons. The Hall–Kier alpha value is -2.95. The maximum Gasteiger partial charge on any atom is 0.269 e. The molecule has 0 saturated carbocycles. The third-order valence-electron chi connectivity index (χ3n) is 4.52. The standard InChI is InChI=1S/C19H17N3O2/c23-18(21-15-10-9-13-5-1-2-6-14(13)15)12-22-17-8-4-3-7-16(17)20-11-19(22)24/h1-8,11,15H,9-10,12H2,(H,21,23). The SMILES string of the molecule is O=C(Cn1c(=O)cnc2ccccc21)NC1CCc2ccccc21. The van der Waals surface area contributed by atoms with E-state index >= 15 is 0 Å². The van der Waals surface area contributed by atoms with Crippen molar-refractivity contribution in [3.8, 4) is 0 Å². The third-order valence-corrected chi connectivity index (χ3v) is 4.52. The Bertz CT molecular complexity index is 978. The quantitative estimate of drug-likeness (QED) is 0.805. The normalized spacial score (nSPS) is 16.1. The van der Waals surface area contributed by atoms with E-state index in [1.54, 1.807) is 0 Å². The van der Waals surface area contributed by atoms with Gasteiger partial charge in [-0.1, -0.05) is 36.4 Å². The Morgan fingerprint density at radius 3 is 2.88 bits per heavy atom. The molecule has 0 radical (unpaired) electrons. The van der Waals surface area contributed by atoms with Gasteiger partial charge in [-0.05, 0) is 36.1 Å². The van der Waals surface area contributed by atoms with Crippen molar-refractivity contribution in [2.24, 2.45) is 0 Å². The Kier molecular flexibility index (Phi) is 3.61. The lowest BCUT2D eigenvalue weighted by molar-refractivity contribution is -0.122. The number of aromatic nitrogens is 2. The number of carbonyl (C=O) groups excluding carboxylic acids is 1. The third kappa shape index (κ3) is 2.58. The molecule has 24 heavy (non-hydrogen) atoms. The van der Waals surface area contributed by atoms with E-state index in [-0.39, 0.29) is 24.1 Å². The maximum atomic E-state index is 12.5. The molecule has 0 saturated heterocycles. The summed E-state index contributed by atoms with van der Waals surface area (Å²) in [6, 6.07) is 15.5. The minimum Gasteiger partial charge on any atom is -0.348 e. The van der Waals surface area contributed by atoms with E-state index in [0.29, 0.717) is 11.0 Å². The number of para-hydroxylation sites is 2. The van der Waals surface area contributed by atoms with Gasteiger partial charge in [-0.15, -0.1) is 0 Å². The molecule has 0 bridgehead atoms. The van der Waals surface area contributed by atoms with E-state index < -0.39 is 0 Å². The molecule has 1 unspecified atom stereocenters. The van der Waals surface area contributed by atoms with E-state index in [9.17, 15) is 9.59 Å². The fourth-order valence-electron chi connectivity index (χ4n) is 3.37. The lowest BCUT2D eigenvalue weighted by atomic mass is 10.1. The summed E-state index contributed by atoms with van der Waals surface area (Å²) < 4.78 is 1.47. The number of hydrogen-bond donors (Lipinski definition) is 1. The first-order valence-corrected chi connectivity index (χ1v) is 8.04. The van der Waals surface area contributed by atoms with Crippen LogP contribution in [0.15, 0.2) is 59.5 Å². The number of aryl methyl sites for hydroxylation is 1. The first kappa shape index (κ1) is 14.6. The van der Waals surface area contributed by atoms with Crippen LogP contribution in [0.2, 0.25) is 0 Å². The highest BCUT2D eigenvalue weighted by Crippen LogP contribution is 2.30. The number of rotatable bonds is 3. The molecule has 1 atom stereocenters. The molecule has 1 amide bonds. The Morgan fingerprint density at radius 2 is 1.96 bits per heavy atom. The first-order valence-electron chi connectivity index (χ1n) is 8.04. The van der Waals surface area contributed by atoms with Crippen LogP contribution < -0.4 is 10.9 Å². The summed E-state index contributed by atoms with van der Waals surface area (Å²) in [6.45, 7) is 0.000529.